The van der Waals surface area contributed by atoms with Gasteiger partial charge in [-0.05, 0) is 55.5 Å². The Labute approximate surface area is 157 Å². The summed E-state index contributed by atoms with van der Waals surface area (Å²) in [6.07, 6.45) is 5.16. The number of aromatic nitrogens is 2. The van der Waals surface area contributed by atoms with E-state index in [0.29, 0.717) is 25.4 Å². The Morgan fingerprint density at radius 1 is 1.22 bits per heavy atom. The number of benzene rings is 1. The van der Waals surface area contributed by atoms with Crippen LogP contribution in [-0.4, -0.2) is 47.0 Å². The molecule has 7 heteroatoms. The molecule has 1 aliphatic carbocycles. The van der Waals surface area contributed by atoms with Gasteiger partial charge in [0.05, 0.1) is 18.3 Å². The van der Waals surface area contributed by atoms with Crippen LogP contribution < -0.4 is 4.74 Å². The molecule has 1 fully saturated rings. The summed E-state index contributed by atoms with van der Waals surface area (Å²) in [5.74, 6) is 0.815. The van der Waals surface area contributed by atoms with Crippen LogP contribution in [0, 0.1) is 11.7 Å². The van der Waals surface area contributed by atoms with E-state index < -0.39 is 0 Å². The van der Waals surface area contributed by atoms with Crippen molar-refractivity contribution in [1.29, 1.82) is 0 Å². The first-order valence-electron chi connectivity index (χ1n) is 9.45. The maximum atomic E-state index is 13.0. The zero-order valence-corrected chi connectivity index (χ0v) is 15.2. The average Bonchev–Trinajstić information content (AvgIpc) is 3.38. The van der Waals surface area contributed by atoms with Crippen LogP contribution >= 0.6 is 0 Å². The van der Waals surface area contributed by atoms with Gasteiger partial charge in [-0.2, -0.15) is 5.10 Å². The molecule has 0 unspecified atom stereocenters. The van der Waals surface area contributed by atoms with E-state index in [1.165, 1.54) is 37.1 Å². The van der Waals surface area contributed by atoms with Crippen LogP contribution in [0.25, 0.3) is 0 Å². The van der Waals surface area contributed by atoms with Crippen molar-refractivity contribution in [2.75, 3.05) is 26.4 Å². The van der Waals surface area contributed by atoms with E-state index in [2.05, 4.69) is 5.10 Å². The highest BCUT2D eigenvalue weighted by Crippen LogP contribution is 2.29. The molecule has 2 aliphatic rings. The van der Waals surface area contributed by atoms with Crippen LogP contribution in [0.1, 0.15) is 31.0 Å². The molecule has 27 heavy (non-hydrogen) atoms. The van der Waals surface area contributed by atoms with Gasteiger partial charge in [0.1, 0.15) is 11.6 Å². The van der Waals surface area contributed by atoms with Crippen LogP contribution in [-0.2, 0) is 16.1 Å². The normalized spacial score (nSPS) is 19.0. The molecule has 1 atom stereocenters. The molecule has 4 rings (SSSR count). The lowest BCUT2D eigenvalue weighted by atomic mass is 10.1. The summed E-state index contributed by atoms with van der Waals surface area (Å²) in [7, 11) is 0. The Morgan fingerprint density at radius 2 is 2.04 bits per heavy atom. The fraction of sp³-hybridized carbons (Fsp3) is 0.500. The number of halogens is 1. The Morgan fingerprint density at radius 3 is 2.81 bits per heavy atom. The molecule has 1 saturated carbocycles. The van der Waals surface area contributed by atoms with Crippen LogP contribution in [0.4, 0.5) is 4.39 Å². The van der Waals surface area contributed by atoms with Gasteiger partial charge in [0.25, 0.3) is 5.91 Å². The largest absolute Gasteiger partial charge is 0.484 e. The van der Waals surface area contributed by atoms with Crippen LogP contribution in [0.2, 0.25) is 0 Å². The monoisotopic (exact) mass is 373 g/mol. The summed E-state index contributed by atoms with van der Waals surface area (Å²) in [6.45, 7) is 2.56. The lowest BCUT2D eigenvalue weighted by Crippen LogP contribution is -2.43. The molecule has 0 bridgehead atoms. The Hall–Kier alpha value is -2.41. The SMILES string of the molecule is O=C(COc1ccc(F)cc1)N1Cc2ccnn2[C@@H](CCOCC2CC2)C1. The minimum atomic E-state index is -0.329. The zero-order valence-electron chi connectivity index (χ0n) is 15.2. The van der Waals surface area contributed by atoms with E-state index in [4.69, 9.17) is 9.47 Å². The summed E-state index contributed by atoms with van der Waals surface area (Å²) < 4.78 is 26.2. The predicted octanol–water partition coefficient (Wildman–Crippen LogP) is 2.80. The number of amides is 1. The summed E-state index contributed by atoms with van der Waals surface area (Å²) in [5, 5.41) is 4.42. The number of hydrogen-bond donors (Lipinski definition) is 0. The molecule has 1 aliphatic heterocycles. The molecular formula is C20H24FN3O3. The van der Waals surface area contributed by atoms with Crippen molar-refractivity contribution >= 4 is 5.91 Å². The highest BCUT2D eigenvalue weighted by molar-refractivity contribution is 5.78. The molecule has 6 nitrogen and oxygen atoms in total. The summed E-state index contributed by atoms with van der Waals surface area (Å²) in [5.41, 5.74) is 1.02. The number of carbonyl (C=O) groups is 1. The molecule has 0 spiro atoms. The molecule has 1 aromatic heterocycles. The van der Waals surface area contributed by atoms with E-state index in [1.807, 2.05) is 10.7 Å². The third-order valence-electron chi connectivity index (χ3n) is 5.06. The van der Waals surface area contributed by atoms with E-state index in [9.17, 15) is 9.18 Å². The van der Waals surface area contributed by atoms with Crippen LogP contribution in [0.3, 0.4) is 0 Å². The second-order valence-corrected chi connectivity index (χ2v) is 7.24. The predicted molar refractivity (Wildman–Crippen MR) is 96.7 cm³/mol. The molecule has 0 N–H and O–H groups in total. The van der Waals surface area contributed by atoms with Gasteiger partial charge < -0.3 is 14.4 Å². The minimum absolute atomic E-state index is 0.0648. The molecule has 2 heterocycles. The van der Waals surface area contributed by atoms with Gasteiger partial charge in [0.15, 0.2) is 6.61 Å². The van der Waals surface area contributed by atoms with E-state index in [-0.39, 0.29) is 24.4 Å². The number of hydrogen-bond acceptors (Lipinski definition) is 4. The third kappa shape index (κ3) is 4.66. The molecule has 144 valence electrons. The highest BCUT2D eigenvalue weighted by atomic mass is 19.1. The third-order valence-corrected chi connectivity index (χ3v) is 5.06. The minimum Gasteiger partial charge on any atom is -0.484 e. The van der Waals surface area contributed by atoms with Gasteiger partial charge >= 0.3 is 0 Å². The van der Waals surface area contributed by atoms with Gasteiger partial charge in [0, 0.05) is 26.0 Å². The maximum absolute atomic E-state index is 13.0. The van der Waals surface area contributed by atoms with Crippen molar-refractivity contribution in [3.63, 3.8) is 0 Å². The summed E-state index contributed by atoms with van der Waals surface area (Å²) in [4.78, 5) is 14.4. The lowest BCUT2D eigenvalue weighted by Gasteiger charge is -2.34. The number of ether oxygens (including phenoxy) is 2. The number of nitrogens with zero attached hydrogens (tertiary/aromatic N) is 3. The van der Waals surface area contributed by atoms with E-state index in [0.717, 1.165) is 24.6 Å². The molecular weight excluding hydrogens is 349 g/mol. The van der Waals surface area contributed by atoms with Gasteiger partial charge in [-0.3, -0.25) is 9.48 Å². The first-order chi connectivity index (χ1) is 13.2. The quantitative estimate of drug-likeness (QED) is 0.668. The van der Waals surface area contributed by atoms with Crippen molar-refractivity contribution in [3.8, 4) is 5.75 Å². The van der Waals surface area contributed by atoms with E-state index in [1.54, 1.807) is 11.1 Å². The molecule has 2 aromatic rings. The standard InChI is InChI=1S/C20H24FN3O3/c21-16-3-5-19(6-4-16)27-14-20(25)23-11-17-7-9-22-24(17)18(12-23)8-10-26-13-15-1-2-15/h3-7,9,15,18H,1-2,8,10-14H2/t18-/m0/s1. The second-order valence-electron chi connectivity index (χ2n) is 7.24. The first kappa shape index (κ1) is 18.0. The van der Waals surface area contributed by atoms with Gasteiger partial charge in [-0.15, -0.1) is 0 Å². The van der Waals surface area contributed by atoms with Gasteiger partial charge in [-0.1, -0.05) is 0 Å². The van der Waals surface area contributed by atoms with Crippen LogP contribution in [0.5, 0.6) is 5.75 Å². The van der Waals surface area contributed by atoms with Crippen molar-refractivity contribution in [3.05, 3.63) is 48.0 Å². The lowest BCUT2D eigenvalue weighted by molar-refractivity contribution is -0.135. The van der Waals surface area contributed by atoms with Crippen molar-refractivity contribution < 1.29 is 18.7 Å². The zero-order chi connectivity index (χ0) is 18.6. The summed E-state index contributed by atoms with van der Waals surface area (Å²) >= 11 is 0. The molecule has 1 amide bonds. The second kappa shape index (κ2) is 8.08. The van der Waals surface area contributed by atoms with Crippen LogP contribution in [0.15, 0.2) is 36.5 Å². The Kier molecular flexibility index (Phi) is 5.38. The fourth-order valence-electron chi connectivity index (χ4n) is 3.31. The molecule has 0 radical (unpaired) electrons. The van der Waals surface area contributed by atoms with Crippen molar-refractivity contribution in [1.82, 2.24) is 14.7 Å². The van der Waals surface area contributed by atoms with Gasteiger partial charge in [0.2, 0.25) is 0 Å². The molecule has 0 saturated heterocycles. The topological polar surface area (TPSA) is 56.6 Å². The van der Waals surface area contributed by atoms with E-state index >= 15 is 0 Å². The maximum Gasteiger partial charge on any atom is 0.260 e. The van der Waals surface area contributed by atoms with Crippen molar-refractivity contribution in [2.45, 2.75) is 31.8 Å². The number of carbonyl (C=O) groups excluding carboxylic acids is 1. The first-order valence-corrected chi connectivity index (χ1v) is 9.45. The Bertz CT molecular complexity index is 773. The number of rotatable bonds is 8. The fourth-order valence-corrected chi connectivity index (χ4v) is 3.31. The van der Waals surface area contributed by atoms with Gasteiger partial charge in [-0.25, -0.2) is 4.39 Å². The smallest absolute Gasteiger partial charge is 0.260 e. The average molecular weight is 373 g/mol. The Balaban J connectivity index is 1.32. The number of fused-ring (bicyclic) bond motifs is 1. The summed E-state index contributed by atoms with van der Waals surface area (Å²) in [6, 6.07) is 7.73. The highest BCUT2D eigenvalue weighted by Gasteiger charge is 2.29. The van der Waals surface area contributed by atoms with Crippen molar-refractivity contribution in [2.24, 2.45) is 5.92 Å². The molecule has 1 aromatic carbocycles.